The third kappa shape index (κ3) is 3.85. The van der Waals surface area contributed by atoms with E-state index in [0.29, 0.717) is 32.9 Å². The van der Waals surface area contributed by atoms with Crippen molar-refractivity contribution < 1.29 is 18.3 Å². The lowest BCUT2D eigenvalue weighted by Crippen LogP contribution is -2.10. The third-order valence-corrected chi connectivity index (χ3v) is 5.26. The summed E-state index contributed by atoms with van der Waals surface area (Å²) in [6.45, 7) is 0. The fourth-order valence-corrected chi connectivity index (χ4v) is 3.80. The highest BCUT2D eigenvalue weighted by atomic mass is 32.2. The van der Waals surface area contributed by atoms with E-state index < -0.39 is 16.0 Å². The second-order valence-corrected chi connectivity index (χ2v) is 8.63. The van der Waals surface area contributed by atoms with Crippen molar-refractivity contribution in [2.24, 2.45) is 0 Å². The Morgan fingerprint density at radius 3 is 2.30 bits per heavy atom. The highest BCUT2D eigenvalue weighted by molar-refractivity contribution is 7.92. The van der Waals surface area contributed by atoms with Crippen LogP contribution in [0, 0.1) is 0 Å². The first-order chi connectivity index (χ1) is 14.2. The normalized spacial score (nSPS) is 11.5. The maximum Gasteiger partial charge on any atom is 0.335 e. The van der Waals surface area contributed by atoms with Gasteiger partial charge >= 0.3 is 5.97 Å². The van der Waals surface area contributed by atoms with Crippen molar-refractivity contribution in [3.63, 3.8) is 0 Å². The molecule has 0 amide bonds. The van der Waals surface area contributed by atoms with E-state index >= 15 is 0 Å². The SMILES string of the molecule is CS(=O)(=O)Nc1ccc2ccc3ncc(-c4ccc(C(=O)O)cc4)cc3c(=O)c2c1. The van der Waals surface area contributed by atoms with Crippen LogP contribution in [0.5, 0.6) is 0 Å². The van der Waals surface area contributed by atoms with Crippen LogP contribution in [0.1, 0.15) is 10.4 Å². The van der Waals surface area contributed by atoms with Gasteiger partial charge in [-0.05, 0) is 47.3 Å². The molecular formula is C22H16N2O5S. The van der Waals surface area contributed by atoms with Gasteiger partial charge in [0.1, 0.15) is 0 Å². The Hall–Kier alpha value is -3.78. The highest BCUT2D eigenvalue weighted by Gasteiger charge is 2.09. The van der Waals surface area contributed by atoms with E-state index in [9.17, 15) is 18.0 Å². The second kappa shape index (κ2) is 7.23. The number of rotatable bonds is 4. The summed E-state index contributed by atoms with van der Waals surface area (Å²) in [5, 5.41) is 10.4. The van der Waals surface area contributed by atoms with Crippen molar-refractivity contribution >= 4 is 43.4 Å². The largest absolute Gasteiger partial charge is 0.478 e. The van der Waals surface area contributed by atoms with Crippen LogP contribution in [0.3, 0.4) is 0 Å². The molecule has 8 heteroatoms. The van der Waals surface area contributed by atoms with E-state index in [1.165, 1.54) is 18.2 Å². The van der Waals surface area contributed by atoms with Gasteiger partial charge in [-0.15, -0.1) is 0 Å². The molecule has 0 unspecified atom stereocenters. The second-order valence-electron chi connectivity index (χ2n) is 6.88. The number of pyridine rings is 1. The van der Waals surface area contributed by atoms with E-state index in [1.54, 1.807) is 48.7 Å². The molecule has 30 heavy (non-hydrogen) atoms. The highest BCUT2D eigenvalue weighted by Crippen LogP contribution is 2.24. The van der Waals surface area contributed by atoms with Crippen LogP contribution in [0.2, 0.25) is 0 Å². The number of carboxylic acid groups (broad SMARTS) is 1. The molecule has 0 fully saturated rings. The molecule has 0 bridgehead atoms. The number of nitrogens with one attached hydrogen (secondary N) is 1. The van der Waals surface area contributed by atoms with Gasteiger partial charge in [0.25, 0.3) is 0 Å². The summed E-state index contributed by atoms with van der Waals surface area (Å²) in [4.78, 5) is 28.7. The Balaban J connectivity index is 1.91. The Labute approximate surface area is 171 Å². The molecule has 0 radical (unpaired) electrons. The molecule has 1 heterocycles. The quantitative estimate of drug-likeness (QED) is 0.523. The Morgan fingerprint density at radius 2 is 1.63 bits per heavy atom. The Morgan fingerprint density at radius 1 is 0.933 bits per heavy atom. The minimum atomic E-state index is -3.48. The average molecular weight is 420 g/mol. The van der Waals surface area contributed by atoms with Crippen LogP contribution in [0.4, 0.5) is 5.69 Å². The molecule has 0 spiro atoms. The van der Waals surface area contributed by atoms with Gasteiger partial charge in [0.05, 0.1) is 17.3 Å². The van der Waals surface area contributed by atoms with Gasteiger partial charge < -0.3 is 5.11 Å². The number of hydrogen-bond donors (Lipinski definition) is 2. The van der Waals surface area contributed by atoms with Crippen LogP contribution in [-0.2, 0) is 10.0 Å². The first-order valence-corrected chi connectivity index (χ1v) is 10.8. The zero-order valence-electron chi connectivity index (χ0n) is 15.8. The summed E-state index contributed by atoms with van der Waals surface area (Å²) in [5.41, 5.74) is 2.08. The topological polar surface area (TPSA) is 113 Å². The van der Waals surface area contributed by atoms with E-state index in [0.717, 1.165) is 11.8 Å². The monoisotopic (exact) mass is 420 g/mol. The molecule has 0 aliphatic carbocycles. The van der Waals surface area contributed by atoms with Crippen LogP contribution >= 0.6 is 0 Å². The lowest BCUT2D eigenvalue weighted by molar-refractivity contribution is 0.0697. The van der Waals surface area contributed by atoms with Gasteiger partial charge in [0.15, 0.2) is 5.43 Å². The molecule has 3 aromatic carbocycles. The Bertz CT molecular complexity index is 1480. The molecule has 0 atom stereocenters. The number of aromatic nitrogens is 1. The molecule has 0 aliphatic rings. The lowest BCUT2D eigenvalue weighted by atomic mass is 10.0. The summed E-state index contributed by atoms with van der Waals surface area (Å²) in [7, 11) is -3.48. The predicted molar refractivity (Wildman–Crippen MR) is 116 cm³/mol. The van der Waals surface area contributed by atoms with Crippen LogP contribution < -0.4 is 10.2 Å². The van der Waals surface area contributed by atoms with E-state index in [2.05, 4.69) is 9.71 Å². The van der Waals surface area contributed by atoms with Crippen molar-refractivity contribution in [2.45, 2.75) is 0 Å². The summed E-state index contributed by atoms with van der Waals surface area (Å²) < 4.78 is 25.4. The van der Waals surface area contributed by atoms with Crippen LogP contribution in [0.25, 0.3) is 32.8 Å². The van der Waals surface area contributed by atoms with Gasteiger partial charge in [-0.1, -0.05) is 24.3 Å². The average Bonchev–Trinajstić information content (AvgIpc) is 2.83. The standard InChI is InChI=1S/C22H16N2O5S/c1-30(28,29)24-17-8-6-14-7-9-20-19(21(25)18(14)11-17)10-16(12-23-20)13-2-4-15(5-3-13)22(26)27/h2-12,24H,1H3,(H,26,27). The number of aromatic carboxylic acids is 1. The lowest BCUT2D eigenvalue weighted by Gasteiger charge is -2.04. The molecule has 0 saturated carbocycles. The molecule has 4 aromatic rings. The zero-order chi connectivity index (χ0) is 21.5. The predicted octanol–water partition coefficient (Wildman–Crippen LogP) is 3.48. The van der Waals surface area contributed by atoms with Crippen LogP contribution in [0.15, 0.2) is 71.7 Å². The van der Waals surface area contributed by atoms with Gasteiger partial charge in [-0.2, -0.15) is 0 Å². The number of fused-ring (bicyclic) bond motifs is 2. The van der Waals surface area contributed by atoms with Crippen molar-refractivity contribution in [3.05, 3.63) is 82.6 Å². The van der Waals surface area contributed by atoms with Crippen LogP contribution in [-0.4, -0.2) is 30.7 Å². The minimum Gasteiger partial charge on any atom is -0.478 e. The summed E-state index contributed by atoms with van der Waals surface area (Å²) in [6, 6.07) is 16.3. The number of carbonyl (C=O) groups is 1. The fraction of sp³-hybridized carbons (Fsp3) is 0.0455. The molecule has 7 nitrogen and oxygen atoms in total. The number of hydrogen-bond acceptors (Lipinski definition) is 5. The minimum absolute atomic E-state index is 0.167. The summed E-state index contributed by atoms with van der Waals surface area (Å²) >= 11 is 0. The maximum atomic E-state index is 13.2. The van der Waals surface area contributed by atoms with Gasteiger partial charge in [-0.3, -0.25) is 14.5 Å². The van der Waals surface area contributed by atoms with E-state index in [4.69, 9.17) is 5.11 Å². The van der Waals surface area contributed by atoms with Crippen molar-refractivity contribution in [1.82, 2.24) is 4.98 Å². The third-order valence-electron chi connectivity index (χ3n) is 4.65. The molecule has 150 valence electrons. The van der Waals surface area contributed by atoms with Gasteiger partial charge in [0, 0.05) is 28.2 Å². The van der Waals surface area contributed by atoms with Crippen molar-refractivity contribution in [3.8, 4) is 11.1 Å². The van der Waals surface area contributed by atoms with Gasteiger partial charge in [-0.25, -0.2) is 13.2 Å². The molecular weight excluding hydrogens is 404 g/mol. The Kier molecular flexibility index (Phi) is 4.71. The zero-order valence-corrected chi connectivity index (χ0v) is 16.6. The smallest absolute Gasteiger partial charge is 0.335 e. The fourth-order valence-electron chi connectivity index (χ4n) is 3.24. The number of sulfonamides is 1. The van der Waals surface area contributed by atoms with Crippen molar-refractivity contribution in [1.29, 1.82) is 0 Å². The van der Waals surface area contributed by atoms with Crippen molar-refractivity contribution in [2.75, 3.05) is 11.0 Å². The first kappa shape index (κ1) is 19.5. The number of anilines is 1. The molecule has 0 saturated heterocycles. The summed E-state index contributed by atoms with van der Waals surface area (Å²) in [5.74, 6) is -1.02. The summed E-state index contributed by atoms with van der Waals surface area (Å²) in [6.07, 6.45) is 2.67. The molecule has 2 N–H and O–H groups in total. The molecule has 4 rings (SSSR count). The van der Waals surface area contributed by atoms with Gasteiger partial charge in [0.2, 0.25) is 10.0 Å². The first-order valence-electron chi connectivity index (χ1n) is 8.90. The molecule has 0 aliphatic heterocycles. The maximum absolute atomic E-state index is 13.2. The molecule has 1 aromatic heterocycles. The van der Waals surface area contributed by atoms with E-state index in [-0.39, 0.29) is 11.0 Å². The number of carboxylic acids is 1. The number of nitrogens with zero attached hydrogens (tertiary/aromatic N) is 1. The number of benzene rings is 2. The van der Waals surface area contributed by atoms with E-state index in [1.807, 2.05) is 0 Å².